The SMILES string of the molecule is CN1CCC(C)(CNc2ccccc2C#N)CC1. The first-order valence-electron chi connectivity index (χ1n) is 6.54. The second-order valence-electron chi connectivity index (χ2n) is 5.62. The van der Waals surface area contributed by atoms with Gasteiger partial charge in [-0.25, -0.2) is 0 Å². The van der Waals surface area contributed by atoms with Crippen LogP contribution in [-0.4, -0.2) is 31.6 Å². The first-order valence-corrected chi connectivity index (χ1v) is 6.54. The third kappa shape index (κ3) is 3.02. The minimum absolute atomic E-state index is 0.342. The molecule has 18 heavy (non-hydrogen) atoms. The van der Waals surface area contributed by atoms with Gasteiger partial charge in [-0.2, -0.15) is 5.26 Å². The number of rotatable bonds is 3. The van der Waals surface area contributed by atoms with Crippen LogP contribution in [0.1, 0.15) is 25.3 Å². The minimum Gasteiger partial charge on any atom is -0.383 e. The molecule has 0 spiro atoms. The van der Waals surface area contributed by atoms with Crippen molar-refractivity contribution >= 4 is 5.69 Å². The molecule has 2 rings (SSSR count). The van der Waals surface area contributed by atoms with Crippen molar-refractivity contribution in [2.75, 3.05) is 32.0 Å². The van der Waals surface area contributed by atoms with E-state index in [0.29, 0.717) is 5.41 Å². The van der Waals surface area contributed by atoms with E-state index in [2.05, 4.69) is 30.3 Å². The minimum atomic E-state index is 0.342. The Balaban J connectivity index is 1.97. The van der Waals surface area contributed by atoms with E-state index in [1.165, 1.54) is 12.8 Å². The van der Waals surface area contributed by atoms with Crippen LogP contribution >= 0.6 is 0 Å². The first-order chi connectivity index (χ1) is 8.63. The van der Waals surface area contributed by atoms with Crippen molar-refractivity contribution in [1.82, 2.24) is 4.90 Å². The van der Waals surface area contributed by atoms with Gasteiger partial charge in [0.15, 0.2) is 0 Å². The quantitative estimate of drug-likeness (QED) is 0.887. The normalized spacial score (nSPS) is 19.2. The second kappa shape index (κ2) is 5.41. The first kappa shape index (κ1) is 12.9. The van der Waals surface area contributed by atoms with Crippen LogP contribution in [0.25, 0.3) is 0 Å². The molecule has 3 nitrogen and oxygen atoms in total. The molecule has 0 aliphatic carbocycles. The predicted octanol–water partition coefficient (Wildman–Crippen LogP) is 2.70. The highest BCUT2D eigenvalue weighted by Gasteiger charge is 2.28. The van der Waals surface area contributed by atoms with E-state index in [0.717, 1.165) is 30.9 Å². The van der Waals surface area contributed by atoms with Crippen molar-refractivity contribution in [1.29, 1.82) is 5.26 Å². The number of benzene rings is 1. The van der Waals surface area contributed by atoms with Gasteiger partial charge in [-0.05, 0) is 50.5 Å². The van der Waals surface area contributed by atoms with Crippen LogP contribution in [0.5, 0.6) is 0 Å². The van der Waals surface area contributed by atoms with Crippen molar-refractivity contribution in [3.05, 3.63) is 29.8 Å². The van der Waals surface area contributed by atoms with Gasteiger partial charge in [-0.1, -0.05) is 19.1 Å². The Morgan fingerprint density at radius 1 is 1.33 bits per heavy atom. The van der Waals surface area contributed by atoms with Gasteiger partial charge in [0.1, 0.15) is 6.07 Å². The van der Waals surface area contributed by atoms with E-state index in [4.69, 9.17) is 5.26 Å². The molecule has 1 fully saturated rings. The van der Waals surface area contributed by atoms with Gasteiger partial charge in [0.25, 0.3) is 0 Å². The van der Waals surface area contributed by atoms with Crippen molar-refractivity contribution in [3.8, 4) is 6.07 Å². The molecule has 0 amide bonds. The maximum atomic E-state index is 9.06. The van der Waals surface area contributed by atoms with Gasteiger partial charge in [-0.3, -0.25) is 0 Å². The molecule has 96 valence electrons. The fourth-order valence-electron chi connectivity index (χ4n) is 2.38. The van der Waals surface area contributed by atoms with Crippen LogP contribution in [0.3, 0.4) is 0 Å². The number of piperidine rings is 1. The van der Waals surface area contributed by atoms with Crippen molar-refractivity contribution < 1.29 is 0 Å². The van der Waals surface area contributed by atoms with Crippen molar-refractivity contribution in [2.24, 2.45) is 5.41 Å². The number of nitriles is 1. The number of hydrogen-bond donors (Lipinski definition) is 1. The van der Waals surface area contributed by atoms with Crippen molar-refractivity contribution in [3.63, 3.8) is 0 Å². The number of hydrogen-bond acceptors (Lipinski definition) is 3. The standard InChI is InChI=1S/C15H21N3/c1-15(7-9-18(2)10-8-15)12-17-14-6-4-3-5-13(14)11-16/h3-6,17H,7-10,12H2,1-2H3. The molecular formula is C15H21N3. The number of anilines is 1. The molecule has 1 aliphatic heterocycles. The highest BCUT2D eigenvalue weighted by Crippen LogP contribution is 2.30. The average Bonchev–Trinajstić information content (AvgIpc) is 2.41. The van der Waals surface area contributed by atoms with Crippen LogP contribution in [0.15, 0.2) is 24.3 Å². The lowest BCUT2D eigenvalue weighted by atomic mass is 9.80. The Hall–Kier alpha value is -1.53. The zero-order valence-electron chi connectivity index (χ0n) is 11.2. The van der Waals surface area contributed by atoms with Crippen LogP contribution in [0.4, 0.5) is 5.69 Å². The molecule has 3 heteroatoms. The Bertz CT molecular complexity index is 439. The van der Waals surface area contributed by atoms with Crippen LogP contribution in [-0.2, 0) is 0 Å². The Morgan fingerprint density at radius 3 is 2.67 bits per heavy atom. The number of nitrogens with zero attached hydrogens (tertiary/aromatic N) is 2. The fourth-order valence-corrected chi connectivity index (χ4v) is 2.38. The third-order valence-corrected chi connectivity index (χ3v) is 3.95. The maximum Gasteiger partial charge on any atom is 0.101 e. The van der Waals surface area contributed by atoms with Gasteiger partial charge in [0.2, 0.25) is 0 Å². The summed E-state index contributed by atoms with van der Waals surface area (Å²) < 4.78 is 0. The molecular weight excluding hydrogens is 222 g/mol. The van der Waals surface area contributed by atoms with Gasteiger partial charge < -0.3 is 10.2 Å². The smallest absolute Gasteiger partial charge is 0.101 e. The molecule has 0 atom stereocenters. The zero-order chi connectivity index (χ0) is 13.0. The zero-order valence-corrected chi connectivity index (χ0v) is 11.2. The van der Waals surface area contributed by atoms with Gasteiger partial charge in [0.05, 0.1) is 11.3 Å². The van der Waals surface area contributed by atoms with E-state index in [9.17, 15) is 0 Å². The molecule has 1 heterocycles. The van der Waals surface area contributed by atoms with E-state index in [-0.39, 0.29) is 0 Å². The maximum absolute atomic E-state index is 9.06. The molecule has 1 N–H and O–H groups in total. The molecule has 0 bridgehead atoms. The molecule has 1 aromatic rings. The summed E-state index contributed by atoms with van der Waals surface area (Å²) in [6, 6.07) is 9.95. The highest BCUT2D eigenvalue weighted by atomic mass is 15.1. The van der Waals surface area contributed by atoms with E-state index in [1.807, 2.05) is 24.3 Å². The van der Waals surface area contributed by atoms with Crippen LogP contribution in [0.2, 0.25) is 0 Å². The third-order valence-electron chi connectivity index (χ3n) is 3.95. The summed E-state index contributed by atoms with van der Waals surface area (Å²) in [4.78, 5) is 2.38. The van der Waals surface area contributed by atoms with Crippen LogP contribution < -0.4 is 5.32 Å². The highest BCUT2D eigenvalue weighted by molar-refractivity contribution is 5.57. The number of nitrogens with one attached hydrogen (secondary N) is 1. The molecule has 1 saturated heterocycles. The molecule has 0 saturated carbocycles. The van der Waals surface area contributed by atoms with Gasteiger partial charge >= 0.3 is 0 Å². The lowest BCUT2D eigenvalue weighted by Gasteiger charge is -2.38. The summed E-state index contributed by atoms with van der Waals surface area (Å²) in [5, 5.41) is 12.5. The predicted molar refractivity (Wildman–Crippen MR) is 74.5 cm³/mol. The Kier molecular flexibility index (Phi) is 3.88. The summed E-state index contributed by atoms with van der Waals surface area (Å²) in [6.07, 6.45) is 2.43. The van der Waals surface area contributed by atoms with E-state index in [1.54, 1.807) is 0 Å². The van der Waals surface area contributed by atoms with Crippen LogP contribution in [0, 0.1) is 16.7 Å². The van der Waals surface area contributed by atoms with E-state index >= 15 is 0 Å². The van der Waals surface area contributed by atoms with Gasteiger partial charge in [-0.15, -0.1) is 0 Å². The summed E-state index contributed by atoms with van der Waals surface area (Å²) in [5.74, 6) is 0. The second-order valence-corrected chi connectivity index (χ2v) is 5.62. The molecule has 1 aliphatic rings. The Labute approximate surface area is 109 Å². The average molecular weight is 243 g/mol. The topological polar surface area (TPSA) is 39.1 Å². The largest absolute Gasteiger partial charge is 0.383 e. The summed E-state index contributed by atoms with van der Waals surface area (Å²) in [7, 11) is 2.18. The molecule has 0 unspecified atom stereocenters. The monoisotopic (exact) mass is 243 g/mol. The number of para-hydroxylation sites is 1. The van der Waals surface area contributed by atoms with E-state index < -0.39 is 0 Å². The van der Waals surface area contributed by atoms with Crippen molar-refractivity contribution in [2.45, 2.75) is 19.8 Å². The lowest BCUT2D eigenvalue weighted by molar-refractivity contribution is 0.150. The number of likely N-dealkylation sites (tertiary alicyclic amines) is 1. The summed E-state index contributed by atoms with van der Waals surface area (Å²) >= 11 is 0. The Morgan fingerprint density at radius 2 is 2.00 bits per heavy atom. The fraction of sp³-hybridized carbons (Fsp3) is 0.533. The van der Waals surface area contributed by atoms with Gasteiger partial charge in [0, 0.05) is 6.54 Å². The molecule has 0 aromatic heterocycles. The molecule has 0 radical (unpaired) electrons. The summed E-state index contributed by atoms with van der Waals surface area (Å²) in [5.41, 5.74) is 2.03. The summed E-state index contributed by atoms with van der Waals surface area (Å²) in [6.45, 7) is 5.61. The lowest BCUT2D eigenvalue weighted by Crippen LogP contribution is -2.40. The molecule has 1 aromatic carbocycles.